The summed E-state index contributed by atoms with van der Waals surface area (Å²) in [6, 6.07) is 16.0. The largest absolute Gasteiger partial charge is 0.481 e. The second-order valence-corrected chi connectivity index (χ2v) is 4.92. The highest BCUT2D eigenvalue weighted by molar-refractivity contribution is 5.69. The van der Waals surface area contributed by atoms with E-state index in [1.807, 2.05) is 56.3 Å². The second kappa shape index (κ2) is 5.70. The molecule has 1 N–H and O–H groups in total. The number of rotatable bonds is 4. The quantitative estimate of drug-likeness (QED) is 0.898. The van der Waals surface area contributed by atoms with E-state index in [1.54, 1.807) is 0 Å². The van der Waals surface area contributed by atoms with Crippen molar-refractivity contribution in [3.63, 3.8) is 0 Å². The van der Waals surface area contributed by atoms with Crippen LogP contribution in [0.5, 0.6) is 0 Å². The summed E-state index contributed by atoms with van der Waals surface area (Å²) in [6.07, 6.45) is 0.119. The van der Waals surface area contributed by atoms with Gasteiger partial charge in [-0.25, -0.2) is 0 Å². The Labute approximate surface area is 113 Å². The maximum absolute atomic E-state index is 11.1. The van der Waals surface area contributed by atoms with E-state index in [9.17, 15) is 4.79 Å². The minimum Gasteiger partial charge on any atom is -0.481 e. The van der Waals surface area contributed by atoms with Gasteiger partial charge in [-0.1, -0.05) is 54.1 Å². The highest BCUT2D eigenvalue weighted by Crippen LogP contribution is 2.30. The second-order valence-electron chi connectivity index (χ2n) is 4.92. The molecule has 2 heteroatoms. The number of hydrogen-bond donors (Lipinski definition) is 1. The molecule has 19 heavy (non-hydrogen) atoms. The third-order valence-electron chi connectivity index (χ3n) is 3.38. The number of hydrogen-bond acceptors (Lipinski definition) is 1. The van der Waals surface area contributed by atoms with Crippen LogP contribution in [0.15, 0.2) is 48.5 Å². The summed E-state index contributed by atoms with van der Waals surface area (Å²) in [5.41, 5.74) is 4.49. The van der Waals surface area contributed by atoms with Gasteiger partial charge in [0.05, 0.1) is 6.42 Å². The van der Waals surface area contributed by atoms with Gasteiger partial charge in [0.2, 0.25) is 0 Å². The van der Waals surface area contributed by atoms with Gasteiger partial charge in [0.25, 0.3) is 0 Å². The molecular weight excluding hydrogens is 236 g/mol. The van der Waals surface area contributed by atoms with Crippen molar-refractivity contribution < 1.29 is 9.90 Å². The third-order valence-corrected chi connectivity index (χ3v) is 3.38. The normalized spacial score (nSPS) is 12.1. The van der Waals surface area contributed by atoms with Crippen molar-refractivity contribution in [3.8, 4) is 0 Å². The van der Waals surface area contributed by atoms with Crippen molar-refractivity contribution in [1.82, 2.24) is 0 Å². The molecule has 0 aromatic heterocycles. The van der Waals surface area contributed by atoms with Gasteiger partial charge < -0.3 is 5.11 Å². The predicted octanol–water partition coefficient (Wildman–Crippen LogP) is 3.91. The van der Waals surface area contributed by atoms with Crippen molar-refractivity contribution in [2.45, 2.75) is 26.2 Å². The average molecular weight is 254 g/mol. The summed E-state index contributed by atoms with van der Waals surface area (Å²) in [7, 11) is 0. The summed E-state index contributed by atoms with van der Waals surface area (Å²) in [5, 5.41) is 9.15. The molecule has 0 aliphatic heterocycles. The first-order valence-electron chi connectivity index (χ1n) is 6.42. The average Bonchev–Trinajstić information content (AvgIpc) is 2.37. The molecule has 0 heterocycles. The Bertz CT molecular complexity index is 573. The number of carboxylic acid groups (broad SMARTS) is 1. The van der Waals surface area contributed by atoms with Crippen LogP contribution in [0, 0.1) is 13.8 Å². The Morgan fingerprint density at radius 1 is 1.11 bits per heavy atom. The van der Waals surface area contributed by atoms with Crippen molar-refractivity contribution in [3.05, 3.63) is 70.8 Å². The van der Waals surface area contributed by atoms with E-state index in [0.717, 1.165) is 16.7 Å². The smallest absolute Gasteiger partial charge is 0.304 e. The fraction of sp³-hybridized carbons (Fsp3) is 0.235. The molecule has 0 aliphatic carbocycles. The molecule has 0 bridgehead atoms. The number of aryl methyl sites for hydroxylation is 2. The highest BCUT2D eigenvalue weighted by atomic mass is 16.4. The Morgan fingerprint density at radius 2 is 1.79 bits per heavy atom. The molecule has 2 rings (SSSR count). The van der Waals surface area contributed by atoms with Gasteiger partial charge in [0.15, 0.2) is 0 Å². The number of carbonyl (C=O) groups is 1. The molecule has 1 unspecified atom stereocenters. The van der Waals surface area contributed by atoms with Gasteiger partial charge in [-0.15, -0.1) is 0 Å². The molecule has 0 spiro atoms. The van der Waals surface area contributed by atoms with E-state index in [2.05, 4.69) is 6.07 Å². The lowest BCUT2D eigenvalue weighted by atomic mass is 9.85. The van der Waals surface area contributed by atoms with E-state index in [4.69, 9.17) is 5.11 Å². The van der Waals surface area contributed by atoms with Gasteiger partial charge in [0, 0.05) is 5.92 Å². The molecule has 1 atom stereocenters. The maximum Gasteiger partial charge on any atom is 0.304 e. The van der Waals surface area contributed by atoms with E-state index >= 15 is 0 Å². The van der Waals surface area contributed by atoms with Crippen LogP contribution >= 0.6 is 0 Å². The molecule has 2 aromatic rings. The summed E-state index contributed by atoms with van der Waals surface area (Å²) in [5.74, 6) is -0.854. The Morgan fingerprint density at radius 3 is 2.37 bits per heavy atom. The first-order chi connectivity index (χ1) is 9.08. The first-order valence-corrected chi connectivity index (χ1v) is 6.42. The summed E-state index contributed by atoms with van der Waals surface area (Å²) in [6.45, 7) is 4.09. The zero-order chi connectivity index (χ0) is 13.8. The zero-order valence-corrected chi connectivity index (χ0v) is 11.3. The van der Waals surface area contributed by atoms with Gasteiger partial charge in [-0.2, -0.15) is 0 Å². The summed E-state index contributed by atoms with van der Waals surface area (Å²) in [4.78, 5) is 11.1. The van der Waals surface area contributed by atoms with Crippen LogP contribution in [-0.4, -0.2) is 11.1 Å². The van der Waals surface area contributed by atoms with E-state index in [1.165, 1.54) is 5.56 Å². The van der Waals surface area contributed by atoms with Crippen molar-refractivity contribution in [1.29, 1.82) is 0 Å². The summed E-state index contributed by atoms with van der Waals surface area (Å²) < 4.78 is 0. The first kappa shape index (κ1) is 13.3. The Hall–Kier alpha value is -2.09. The van der Waals surface area contributed by atoms with Crippen molar-refractivity contribution in [2.75, 3.05) is 0 Å². The van der Waals surface area contributed by atoms with Crippen molar-refractivity contribution >= 4 is 5.97 Å². The molecule has 0 amide bonds. The lowest BCUT2D eigenvalue weighted by Gasteiger charge is -2.18. The van der Waals surface area contributed by atoms with Crippen molar-refractivity contribution in [2.24, 2.45) is 0 Å². The number of carboxylic acids is 1. The molecule has 0 aliphatic rings. The molecular formula is C17H18O2. The van der Waals surface area contributed by atoms with Crippen LogP contribution < -0.4 is 0 Å². The lowest BCUT2D eigenvalue weighted by molar-refractivity contribution is -0.137. The fourth-order valence-corrected chi connectivity index (χ4v) is 2.48. The van der Waals surface area contributed by atoms with Crippen LogP contribution in [-0.2, 0) is 4.79 Å². The van der Waals surface area contributed by atoms with Crippen LogP contribution in [0.25, 0.3) is 0 Å². The van der Waals surface area contributed by atoms with Crippen LogP contribution in [0.3, 0.4) is 0 Å². The predicted molar refractivity (Wildman–Crippen MR) is 76.5 cm³/mol. The van der Waals surface area contributed by atoms with Crippen LogP contribution in [0.2, 0.25) is 0 Å². The SMILES string of the molecule is Cc1ccc(C(CC(=O)O)c2ccccc2)c(C)c1. The van der Waals surface area contributed by atoms with Gasteiger partial charge in [-0.3, -0.25) is 4.79 Å². The van der Waals surface area contributed by atoms with Gasteiger partial charge in [-0.05, 0) is 30.5 Å². The summed E-state index contributed by atoms with van der Waals surface area (Å²) >= 11 is 0. The number of aliphatic carboxylic acids is 1. The molecule has 0 saturated carbocycles. The van der Waals surface area contributed by atoms with E-state index < -0.39 is 5.97 Å². The highest BCUT2D eigenvalue weighted by Gasteiger charge is 2.19. The minimum atomic E-state index is -0.770. The molecule has 2 aromatic carbocycles. The van der Waals surface area contributed by atoms with Gasteiger partial charge >= 0.3 is 5.97 Å². The monoisotopic (exact) mass is 254 g/mol. The fourth-order valence-electron chi connectivity index (χ4n) is 2.48. The van der Waals surface area contributed by atoms with E-state index in [-0.39, 0.29) is 12.3 Å². The Kier molecular flexibility index (Phi) is 4.00. The van der Waals surface area contributed by atoms with Gasteiger partial charge in [0.1, 0.15) is 0 Å². The third kappa shape index (κ3) is 3.22. The molecule has 0 saturated heterocycles. The van der Waals surface area contributed by atoms with Crippen LogP contribution in [0.1, 0.15) is 34.6 Å². The van der Waals surface area contributed by atoms with E-state index in [0.29, 0.717) is 0 Å². The Balaban J connectivity index is 2.46. The molecule has 0 radical (unpaired) electrons. The molecule has 2 nitrogen and oxygen atoms in total. The minimum absolute atomic E-state index is 0.0840. The van der Waals surface area contributed by atoms with Crippen LogP contribution in [0.4, 0.5) is 0 Å². The maximum atomic E-state index is 11.1. The lowest BCUT2D eigenvalue weighted by Crippen LogP contribution is -2.09. The topological polar surface area (TPSA) is 37.3 Å². The zero-order valence-electron chi connectivity index (χ0n) is 11.3. The molecule has 98 valence electrons. The number of benzene rings is 2. The standard InChI is InChI=1S/C17H18O2/c1-12-8-9-15(13(2)10-12)16(11-17(18)19)14-6-4-3-5-7-14/h3-10,16H,11H2,1-2H3,(H,18,19). The molecule has 0 fully saturated rings.